The summed E-state index contributed by atoms with van der Waals surface area (Å²) >= 11 is 5.62. The first-order valence-corrected chi connectivity index (χ1v) is 5.03. The van der Waals surface area contributed by atoms with Crippen molar-refractivity contribution in [3.63, 3.8) is 0 Å². The number of rotatable bonds is 2. The third kappa shape index (κ3) is 2.23. The summed E-state index contributed by atoms with van der Waals surface area (Å²) in [5.74, 6) is 0.172. The molecule has 2 aromatic rings. The van der Waals surface area contributed by atoms with Gasteiger partial charge in [0, 0.05) is 12.4 Å². The molecule has 1 N–H and O–H groups in total. The zero-order valence-electron chi connectivity index (χ0n) is 8.30. The number of nitrogens with zero attached hydrogens (tertiary/aromatic N) is 2. The SMILES string of the molecule is O=c1c(Cl)nccn1Cc1cccc(O)c1. The first-order chi connectivity index (χ1) is 7.66. The molecule has 0 aliphatic rings. The van der Waals surface area contributed by atoms with Gasteiger partial charge < -0.3 is 9.67 Å². The molecule has 82 valence electrons. The molecule has 0 atom stereocenters. The highest BCUT2D eigenvalue weighted by molar-refractivity contribution is 6.29. The maximum Gasteiger partial charge on any atom is 0.288 e. The maximum absolute atomic E-state index is 11.6. The molecule has 0 radical (unpaired) electrons. The second-order valence-electron chi connectivity index (χ2n) is 3.32. The molecule has 0 aliphatic carbocycles. The highest BCUT2D eigenvalue weighted by Crippen LogP contribution is 2.11. The lowest BCUT2D eigenvalue weighted by Crippen LogP contribution is -2.21. The van der Waals surface area contributed by atoms with Crippen molar-refractivity contribution in [2.24, 2.45) is 0 Å². The predicted molar refractivity (Wildman–Crippen MR) is 60.7 cm³/mol. The van der Waals surface area contributed by atoms with Gasteiger partial charge in [-0.05, 0) is 17.7 Å². The van der Waals surface area contributed by atoms with E-state index in [0.29, 0.717) is 6.54 Å². The van der Waals surface area contributed by atoms with Crippen LogP contribution in [0, 0.1) is 0 Å². The summed E-state index contributed by atoms with van der Waals surface area (Å²) in [4.78, 5) is 15.2. The van der Waals surface area contributed by atoms with Crippen LogP contribution in [0.5, 0.6) is 5.75 Å². The Morgan fingerprint density at radius 3 is 3.00 bits per heavy atom. The number of aromatic nitrogens is 2. The summed E-state index contributed by atoms with van der Waals surface area (Å²) in [7, 11) is 0. The van der Waals surface area contributed by atoms with Gasteiger partial charge in [-0.1, -0.05) is 23.7 Å². The monoisotopic (exact) mass is 236 g/mol. The molecular formula is C11H9ClN2O2. The van der Waals surface area contributed by atoms with Gasteiger partial charge in [-0.3, -0.25) is 4.79 Å². The van der Waals surface area contributed by atoms with Crippen LogP contribution in [0.3, 0.4) is 0 Å². The minimum Gasteiger partial charge on any atom is -0.508 e. The van der Waals surface area contributed by atoms with Crippen molar-refractivity contribution >= 4 is 11.6 Å². The quantitative estimate of drug-likeness (QED) is 0.863. The van der Waals surface area contributed by atoms with E-state index >= 15 is 0 Å². The van der Waals surface area contributed by atoms with E-state index in [4.69, 9.17) is 11.6 Å². The fourth-order valence-corrected chi connectivity index (χ4v) is 1.56. The van der Waals surface area contributed by atoms with Crippen molar-refractivity contribution in [2.75, 3.05) is 0 Å². The second kappa shape index (κ2) is 4.37. The lowest BCUT2D eigenvalue weighted by Gasteiger charge is -2.05. The first kappa shape index (κ1) is 10.7. The van der Waals surface area contributed by atoms with Crippen molar-refractivity contribution < 1.29 is 5.11 Å². The van der Waals surface area contributed by atoms with Crippen molar-refractivity contribution in [3.8, 4) is 5.75 Å². The summed E-state index contributed by atoms with van der Waals surface area (Å²) < 4.78 is 1.43. The Morgan fingerprint density at radius 2 is 2.25 bits per heavy atom. The summed E-state index contributed by atoms with van der Waals surface area (Å²) in [5, 5.41) is 9.24. The Hall–Kier alpha value is -1.81. The standard InChI is InChI=1S/C11H9ClN2O2/c12-10-11(16)14(5-4-13-10)7-8-2-1-3-9(15)6-8/h1-6,15H,7H2. The molecule has 4 nitrogen and oxygen atoms in total. The number of benzene rings is 1. The van der Waals surface area contributed by atoms with Crippen LogP contribution in [0.2, 0.25) is 5.15 Å². The molecule has 0 aliphatic heterocycles. The Morgan fingerprint density at radius 1 is 1.44 bits per heavy atom. The summed E-state index contributed by atoms with van der Waals surface area (Å²) in [6, 6.07) is 6.71. The zero-order valence-corrected chi connectivity index (χ0v) is 9.05. The van der Waals surface area contributed by atoms with E-state index < -0.39 is 0 Å². The molecule has 0 saturated carbocycles. The molecule has 1 heterocycles. The lowest BCUT2D eigenvalue weighted by molar-refractivity contribution is 0.474. The van der Waals surface area contributed by atoms with Crippen LogP contribution in [-0.4, -0.2) is 14.7 Å². The minimum atomic E-state index is -0.340. The number of hydrogen-bond donors (Lipinski definition) is 1. The van der Waals surface area contributed by atoms with Crippen LogP contribution in [0.15, 0.2) is 41.5 Å². The Kier molecular flexibility index (Phi) is 2.92. The van der Waals surface area contributed by atoms with E-state index in [2.05, 4.69) is 4.98 Å². The fraction of sp³-hybridized carbons (Fsp3) is 0.0909. The maximum atomic E-state index is 11.6. The summed E-state index contributed by atoms with van der Waals surface area (Å²) in [5.41, 5.74) is 0.483. The molecule has 0 amide bonds. The molecule has 2 rings (SSSR count). The van der Waals surface area contributed by atoms with Crippen LogP contribution >= 0.6 is 11.6 Å². The van der Waals surface area contributed by atoms with Crippen LogP contribution in [-0.2, 0) is 6.54 Å². The molecule has 0 spiro atoms. The Balaban J connectivity index is 2.34. The van der Waals surface area contributed by atoms with E-state index in [9.17, 15) is 9.90 Å². The molecule has 5 heteroatoms. The molecule has 1 aromatic carbocycles. The zero-order chi connectivity index (χ0) is 11.5. The number of aromatic hydroxyl groups is 1. The van der Waals surface area contributed by atoms with Gasteiger partial charge >= 0.3 is 0 Å². The number of phenols is 1. The topological polar surface area (TPSA) is 55.1 Å². The second-order valence-corrected chi connectivity index (χ2v) is 3.68. The predicted octanol–water partition coefficient (Wildman–Crippen LogP) is 1.65. The van der Waals surface area contributed by atoms with E-state index in [-0.39, 0.29) is 16.5 Å². The smallest absolute Gasteiger partial charge is 0.288 e. The molecule has 16 heavy (non-hydrogen) atoms. The fourth-order valence-electron chi connectivity index (χ4n) is 1.40. The number of hydrogen-bond acceptors (Lipinski definition) is 3. The van der Waals surface area contributed by atoms with E-state index in [1.54, 1.807) is 24.4 Å². The van der Waals surface area contributed by atoms with Gasteiger partial charge in [0.1, 0.15) is 5.75 Å². The van der Waals surface area contributed by atoms with Gasteiger partial charge in [-0.15, -0.1) is 0 Å². The highest BCUT2D eigenvalue weighted by Gasteiger charge is 2.02. The summed E-state index contributed by atoms with van der Waals surface area (Å²) in [6.45, 7) is 0.357. The molecule has 0 unspecified atom stereocenters. The van der Waals surface area contributed by atoms with Crippen LogP contribution in [0.4, 0.5) is 0 Å². The Bertz CT molecular complexity index is 566. The Labute approximate surface area is 96.8 Å². The average molecular weight is 237 g/mol. The molecule has 0 fully saturated rings. The van der Waals surface area contributed by atoms with Crippen LogP contribution in [0.25, 0.3) is 0 Å². The largest absolute Gasteiger partial charge is 0.508 e. The van der Waals surface area contributed by atoms with Crippen LogP contribution < -0.4 is 5.56 Å². The third-order valence-electron chi connectivity index (χ3n) is 2.14. The van der Waals surface area contributed by atoms with Crippen molar-refractivity contribution in [2.45, 2.75) is 6.54 Å². The van der Waals surface area contributed by atoms with Crippen molar-refractivity contribution in [1.29, 1.82) is 0 Å². The highest BCUT2D eigenvalue weighted by atomic mass is 35.5. The van der Waals surface area contributed by atoms with Gasteiger partial charge in [0.05, 0.1) is 6.54 Å². The van der Waals surface area contributed by atoms with Gasteiger partial charge in [-0.2, -0.15) is 0 Å². The van der Waals surface area contributed by atoms with Gasteiger partial charge in [0.25, 0.3) is 5.56 Å². The van der Waals surface area contributed by atoms with E-state index in [1.165, 1.54) is 10.8 Å². The van der Waals surface area contributed by atoms with E-state index in [1.807, 2.05) is 6.07 Å². The van der Waals surface area contributed by atoms with Gasteiger partial charge in [0.15, 0.2) is 5.15 Å². The van der Waals surface area contributed by atoms with Crippen molar-refractivity contribution in [3.05, 3.63) is 57.7 Å². The number of phenolic OH excluding ortho intramolecular Hbond substituents is 1. The molecule has 0 bridgehead atoms. The lowest BCUT2D eigenvalue weighted by atomic mass is 10.2. The first-order valence-electron chi connectivity index (χ1n) is 4.65. The molecular weight excluding hydrogens is 228 g/mol. The van der Waals surface area contributed by atoms with Crippen molar-refractivity contribution in [1.82, 2.24) is 9.55 Å². The molecule has 1 aromatic heterocycles. The van der Waals surface area contributed by atoms with Gasteiger partial charge in [-0.25, -0.2) is 4.98 Å². The third-order valence-corrected chi connectivity index (χ3v) is 2.39. The van der Waals surface area contributed by atoms with E-state index in [0.717, 1.165) is 5.56 Å². The number of halogens is 1. The van der Waals surface area contributed by atoms with Crippen LogP contribution in [0.1, 0.15) is 5.56 Å². The summed E-state index contributed by atoms with van der Waals surface area (Å²) in [6.07, 6.45) is 3.02. The normalized spacial score (nSPS) is 10.3. The molecule has 0 saturated heterocycles. The van der Waals surface area contributed by atoms with Gasteiger partial charge in [0.2, 0.25) is 0 Å². The minimum absolute atomic E-state index is 0.0531. The average Bonchev–Trinajstić information content (AvgIpc) is 2.25.